The first kappa shape index (κ1) is 20.5. The maximum absolute atomic E-state index is 13.7. The number of hydrogen-bond donors (Lipinski definition) is 4. The van der Waals surface area contributed by atoms with Gasteiger partial charge >= 0.3 is 6.03 Å². The summed E-state index contributed by atoms with van der Waals surface area (Å²) >= 11 is 0. The summed E-state index contributed by atoms with van der Waals surface area (Å²) in [5.41, 5.74) is 1.81. The number of hydrogen-bond acceptors (Lipinski definition) is 3. The molecule has 8 heteroatoms. The number of anilines is 4. The highest BCUT2D eigenvalue weighted by Gasteiger charge is 2.10. The lowest BCUT2D eigenvalue weighted by atomic mass is 10.2. The average molecular weight is 406 g/mol. The quantitative estimate of drug-likeness (QED) is 0.495. The first-order chi connectivity index (χ1) is 14.4. The third-order valence-corrected chi connectivity index (χ3v) is 3.97. The van der Waals surface area contributed by atoms with Crippen LogP contribution in [0.1, 0.15) is 17.3 Å². The molecule has 0 unspecified atom stereocenters. The number of nitrogens with one attached hydrogen (secondary N) is 4. The molecule has 0 atom stereocenters. The number of halogens is 1. The summed E-state index contributed by atoms with van der Waals surface area (Å²) in [6, 6.07) is 18.7. The summed E-state index contributed by atoms with van der Waals surface area (Å²) in [4.78, 5) is 35.6. The Hall–Kier alpha value is -4.20. The van der Waals surface area contributed by atoms with E-state index in [1.54, 1.807) is 36.4 Å². The highest BCUT2D eigenvalue weighted by molar-refractivity contribution is 6.05. The summed E-state index contributed by atoms with van der Waals surface area (Å²) < 4.78 is 13.7. The van der Waals surface area contributed by atoms with Gasteiger partial charge in [-0.05, 0) is 54.6 Å². The largest absolute Gasteiger partial charge is 0.324 e. The summed E-state index contributed by atoms with van der Waals surface area (Å²) in [5, 5.41) is 10.4. The van der Waals surface area contributed by atoms with E-state index in [0.29, 0.717) is 22.6 Å². The third-order valence-electron chi connectivity index (χ3n) is 3.97. The van der Waals surface area contributed by atoms with Crippen molar-refractivity contribution < 1.29 is 18.8 Å². The first-order valence-electron chi connectivity index (χ1n) is 9.02. The molecular weight excluding hydrogens is 387 g/mol. The predicted molar refractivity (Wildman–Crippen MR) is 114 cm³/mol. The molecule has 30 heavy (non-hydrogen) atoms. The third kappa shape index (κ3) is 5.65. The van der Waals surface area contributed by atoms with Crippen LogP contribution in [0.2, 0.25) is 0 Å². The van der Waals surface area contributed by atoms with Crippen LogP contribution in [0.4, 0.5) is 31.9 Å². The summed E-state index contributed by atoms with van der Waals surface area (Å²) in [6.07, 6.45) is 0. The molecule has 0 saturated heterocycles. The second kappa shape index (κ2) is 9.33. The number of para-hydroxylation sites is 1. The van der Waals surface area contributed by atoms with Crippen molar-refractivity contribution in [3.63, 3.8) is 0 Å². The lowest BCUT2D eigenvalue weighted by molar-refractivity contribution is -0.114. The molecule has 7 nitrogen and oxygen atoms in total. The molecule has 0 fully saturated rings. The molecule has 0 aliphatic carbocycles. The van der Waals surface area contributed by atoms with E-state index in [9.17, 15) is 18.8 Å². The van der Waals surface area contributed by atoms with Crippen LogP contribution in [-0.4, -0.2) is 17.8 Å². The fraction of sp³-hybridized carbons (Fsp3) is 0.0455. The van der Waals surface area contributed by atoms with Crippen molar-refractivity contribution in [3.8, 4) is 0 Å². The van der Waals surface area contributed by atoms with E-state index in [4.69, 9.17) is 0 Å². The second-order valence-corrected chi connectivity index (χ2v) is 6.35. The Bertz CT molecular complexity index is 1070. The standard InChI is InChI=1S/C22H19FN4O3/c1-14(28)24-20-13-18(11-12-19(20)23)25-21(29)15-7-9-17(10-8-15)27-22(30)26-16-5-3-2-4-6-16/h2-13H,1H3,(H,24,28)(H,25,29)(H2,26,27,30). The molecule has 4 amide bonds. The van der Waals surface area contributed by atoms with Gasteiger partial charge in [0.15, 0.2) is 0 Å². The molecule has 152 valence electrons. The molecule has 0 bridgehead atoms. The SMILES string of the molecule is CC(=O)Nc1cc(NC(=O)c2ccc(NC(=O)Nc3ccccc3)cc2)ccc1F. The van der Waals surface area contributed by atoms with Crippen molar-refractivity contribution in [2.45, 2.75) is 6.92 Å². The van der Waals surface area contributed by atoms with Crippen molar-refractivity contribution >= 4 is 40.6 Å². The molecule has 0 aliphatic heterocycles. The lowest BCUT2D eigenvalue weighted by Gasteiger charge is -2.10. The molecule has 3 rings (SSSR count). The van der Waals surface area contributed by atoms with Crippen molar-refractivity contribution in [2.75, 3.05) is 21.3 Å². The minimum atomic E-state index is -0.604. The number of carbonyl (C=O) groups excluding carboxylic acids is 3. The van der Waals surface area contributed by atoms with Gasteiger partial charge in [0.2, 0.25) is 5.91 Å². The molecular formula is C22H19FN4O3. The molecule has 3 aromatic rings. The van der Waals surface area contributed by atoms with Crippen LogP contribution in [0.3, 0.4) is 0 Å². The Morgan fingerprint density at radius 1 is 0.700 bits per heavy atom. The van der Waals surface area contributed by atoms with E-state index in [0.717, 1.165) is 6.07 Å². The highest BCUT2D eigenvalue weighted by Crippen LogP contribution is 2.20. The minimum absolute atomic E-state index is 0.0238. The first-order valence-corrected chi connectivity index (χ1v) is 9.02. The van der Waals surface area contributed by atoms with E-state index >= 15 is 0 Å². The smallest absolute Gasteiger partial charge is 0.323 e. The Morgan fingerprint density at radius 3 is 1.93 bits per heavy atom. The molecule has 4 N–H and O–H groups in total. The average Bonchev–Trinajstić information content (AvgIpc) is 2.71. The monoisotopic (exact) mass is 406 g/mol. The van der Waals surface area contributed by atoms with Crippen LogP contribution < -0.4 is 21.3 Å². The second-order valence-electron chi connectivity index (χ2n) is 6.35. The maximum Gasteiger partial charge on any atom is 0.323 e. The zero-order chi connectivity index (χ0) is 21.5. The predicted octanol–water partition coefficient (Wildman–Crippen LogP) is 4.68. The van der Waals surface area contributed by atoms with Crippen LogP contribution in [0.15, 0.2) is 72.8 Å². The number of amides is 4. The number of urea groups is 1. The van der Waals surface area contributed by atoms with Crippen LogP contribution in [0.25, 0.3) is 0 Å². The number of rotatable bonds is 5. The molecule has 0 aliphatic rings. The van der Waals surface area contributed by atoms with Crippen molar-refractivity contribution in [3.05, 3.63) is 84.2 Å². The Morgan fingerprint density at radius 2 is 1.30 bits per heavy atom. The lowest BCUT2D eigenvalue weighted by Crippen LogP contribution is -2.19. The van der Waals surface area contributed by atoms with E-state index < -0.39 is 23.7 Å². The van der Waals surface area contributed by atoms with Gasteiger partial charge in [0.05, 0.1) is 5.69 Å². The van der Waals surface area contributed by atoms with Gasteiger partial charge in [-0.3, -0.25) is 9.59 Å². The molecule has 0 radical (unpaired) electrons. The molecule has 0 heterocycles. The van der Waals surface area contributed by atoms with Gasteiger partial charge in [-0.25, -0.2) is 9.18 Å². The van der Waals surface area contributed by atoms with Crippen molar-refractivity contribution in [2.24, 2.45) is 0 Å². The minimum Gasteiger partial charge on any atom is -0.324 e. The molecule has 3 aromatic carbocycles. The molecule has 0 saturated carbocycles. The zero-order valence-electron chi connectivity index (χ0n) is 16.0. The normalized spacial score (nSPS) is 10.1. The van der Waals surface area contributed by atoms with Gasteiger partial charge in [-0.15, -0.1) is 0 Å². The van der Waals surface area contributed by atoms with Crippen LogP contribution in [0.5, 0.6) is 0 Å². The number of carbonyl (C=O) groups is 3. The van der Waals surface area contributed by atoms with E-state index in [2.05, 4.69) is 21.3 Å². The van der Waals surface area contributed by atoms with Crippen molar-refractivity contribution in [1.29, 1.82) is 0 Å². The van der Waals surface area contributed by atoms with Gasteiger partial charge in [0, 0.05) is 29.5 Å². The fourth-order valence-corrected chi connectivity index (χ4v) is 2.61. The number of benzene rings is 3. The summed E-state index contributed by atoms with van der Waals surface area (Å²) in [7, 11) is 0. The van der Waals surface area contributed by atoms with Gasteiger partial charge in [0.25, 0.3) is 5.91 Å². The summed E-state index contributed by atoms with van der Waals surface area (Å²) in [5.74, 6) is -1.44. The van der Waals surface area contributed by atoms with E-state index in [1.165, 1.54) is 19.1 Å². The topological polar surface area (TPSA) is 99.3 Å². The van der Waals surface area contributed by atoms with Crippen molar-refractivity contribution in [1.82, 2.24) is 0 Å². The van der Waals surface area contributed by atoms with Gasteiger partial charge < -0.3 is 21.3 Å². The van der Waals surface area contributed by atoms with E-state index in [-0.39, 0.29) is 5.69 Å². The van der Waals surface area contributed by atoms with Gasteiger partial charge in [0.1, 0.15) is 5.82 Å². The fourth-order valence-electron chi connectivity index (χ4n) is 2.61. The van der Waals surface area contributed by atoms with Crippen LogP contribution in [0, 0.1) is 5.82 Å². The highest BCUT2D eigenvalue weighted by atomic mass is 19.1. The Balaban J connectivity index is 1.61. The Labute approximate surface area is 172 Å². The summed E-state index contributed by atoms with van der Waals surface area (Å²) in [6.45, 7) is 1.26. The molecule has 0 spiro atoms. The van der Waals surface area contributed by atoms with E-state index in [1.807, 2.05) is 18.2 Å². The van der Waals surface area contributed by atoms with Gasteiger partial charge in [-0.2, -0.15) is 0 Å². The van der Waals surface area contributed by atoms with Gasteiger partial charge in [-0.1, -0.05) is 18.2 Å². The van der Waals surface area contributed by atoms with Crippen LogP contribution >= 0.6 is 0 Å². The Kier molecular flexibility index (Phi) is 6.39. The maximum atomic E-state index is 13.7. The zero-order valence-corrected chi connectivity index (χ0v) is 16.0. The molecule has 0 aromatic heterocycles. The van der Waals surface area contributed by atoms with Crippen LogP contribution in [-0.2, 0) is 4.79 Å².